The van der Waals surface area contributed by atoms with Gasteiger partial charge in [-0.3, -0.25) is 9.78 Å². The largest absolute Gasteiger partial charge is 0.493 e. The van der Waals surface area contributed by atoms with Gasteiger partial charge in [-0.2, -0.15) is 0 Å². The number of hydrogen-bond acceptors (Lipinski definition) is 4. The number of benzene rings is 2. The van der Waals surface area contributed by atoms with Crippen LogP contribution >= 0.6 is 0 Å². The zero-order chi connectivity index (χ0) is 18.4. The van der Waals surface area contributed by atoms with Crippen molar-refractivity contribution in [2.45, 2.75) is 6.04 Å². The predicted octanol–water partition coefficient (Wildman–Crippen LogP) is 3.62. The smallest absolute Gasteiger partial charge is 0.252 e. The average molecular weight is 348 g/mol. The van der Waals surface area contributed by atoms with Gasteiger partial charge < -0.3 is 14.8 Å². The summed E-state index contributed by atoms with van der Waals surface area (Å²) in [4.78, 5) is 17.2. The number of aromatic nitrogens is 1. The Morgan fingerprint density at radius 3 is 2.31 bits per heavy atom. The van der Waals surface area contributed by atoms with Gasteiger partial charge in [0.15, 0.2) is 11.5 Å². The van der Waals surface area contributed by atoms with Crippen LogP contribution in [0.3, 0.4) is 0 Å². The van der Waals surface area contributed by atoms with E-state index in [0.717, 1.165) is 11.3 Å². The number of hydrogen-bond donors (Lipinski definition) is 1. The Morgan fingerprint density at radius 1 is 0.923 bits per heavy atom. The number of nitrogens with one attached hydrogen (secondary N) is 1. The van der Waals surface area contributed by atoms with Crippen molar-refractivity contribution in [2.24, 2.45) is 0 Å². The lowest BCUT2D eigenvalue weighted by atomic mass is 10.0. The summed E-state index contributed by atoms with van der Waals surface area (Å²) >= 11 is 0. The average Bonchev–Trinajstić information content (AvgIpc) is 2.72. The highest BCUT2D eigenvalue weighted by molar-refractivity contribution is 5.95. The minimum absolute atomic E-state index is 0.217. The van der Waals surface area contributed by atoms with E-state index >= 15 is 0 Å². The molecule has 1 aromatic heterocycles. The van der Waals surface area contributed by atoms with Crippen LogP contribution < -0.4 is 14.8 Å². The third-order valence-corrected chi connectivity index (χ3v) is 4.04. The van der Waals surface area contributed by atoms with E-state index in [-0.39, 0.29) is 11.9 Å². The molecule has 132 valence electrons. The Kier molecular flexibility index (Phi) is 5.49. The molecule has 0 fully saturated rings. The highest BCUT2D eigenvalue weighted by Gasteiger charge is 2.19. The van der Waals surface area contributed by atoms with Crippen LogP contribution in [0, 0.1) is 0 Å². The van der Waals surface area contributed by atoms with E-state index in [1.54, 1.807) is 38.6 Å². The molecule has 0 spiro atoms. The first-order valence-electron chi connectivity index (χ1n) is 8.21. The summed E-state index contributed by atoms with van der Waals surface area (Å²) in [6.45, 7) is 0. The molecule has 0 saturated heterocycles. The molecule has 1 heterocycles. The third-order valence-electron chi connectivity index (χ3n) is 4.04. The lowest BCUT2D eigenvalue weighted by molar-refractivity contribution is 0.0942. The molecule has 0 bridgehead atoms. The number of carbonyl (C=O) groups is 1. The number of nitrogens with zero attached hydrogens (tertiary/aromatic N) is 1. The molecule has 2 aromatic carbocycles. The van der Waals surface area contributed by atoms with Crippen LogP contribution in [0.25, 0.3) is 0 Å². The molecule has 5 nitrogen and oxygen atoms in total. The van der Waals surface area contributed by atoms with Crippen LogP contribution in [0.4, 0.5) is 0 Å². The second-order valence-corrected chi connectivity index (χ2v) is 5.64. The minimum Gasteiger partial charge on any atom is -0.493 e. The van der Waals surface area contributed by atoms with Gasteiger partial charge in [-0.05, 0) is 35.9 Å². The van der Waals surface area contributed by atoms with Crippen molar-refractivity contribution in [3.63, 3.8) is 0 Å². The molecule has 1 unspecified atom stereocenters. The lowest BCUT2D eigenvalue weighted by Crippen LogP contribution is -2.29. The molecule has 0 aliphatic rings. The summed E-state index contributed by atoms with van der Waals surface area (Å²) in [6, 6.07) is 20.1. The van der Waals surface area contributed by atoms with E-state index < -0.39 is 0 Å². The summed E-state index contributed by atoms with van der Waals surface area (Å²) in [6.07, 6.45) is 1.72. The molecule has 0 aliphatic heterocycles. The number of amides is 1. The molecular formula is C21H20N2O3. The summed E-state index contributed by atoms with van der Waals surface area (Å²) in [5, 5.41) is 3.06. The van der Waals surface area contributed by atoms with Crippen LogP contribution in [0.15, 0.2) is 72.9 Å². The lowest BCUT2D eigenvalue weighted by Gasteiger charge is -2.19. The first-order chi connectivity index (χ1) is 12.7. The first-order valence-corrected chi connectivity index (χ1v) is 8.21. The summed E-state index contributed by atoms with van der Waals surface area (Å²) in [5.41, 5.74) is 2.21. The van der Waals surface area contributed by atoms with Gasteiger partial charge in [0, 0.05) is 11.8 Å². The van der Waals surface area contributed by atoms with Gasteiger partial charge in [0.1, 0.15) is 0 Å². The summed E-state index contributed by atoms with van der Waals surface area (Å²) in [5.74, 6) is 0.869. The van der Waals surface area contributed by atoms with E-state index in [1.165, 1.54) is 0 Å². The number of carbonyl (C=O) groups excluding carboxylic acids is 1. The fourth-order valence-corrected chi connectivity index (χ4v) is 2.71. The van der Waals surface area contributed by atoms with E-state index in [9.17, 15) is 4.79 Å². The molecule has 1 amide bonds. The van der Waals surface area contributed by atoms with Crippen molar-refractivity contribution in [2.75, 3.05) is 14.2 Å². The Balaban J connectivity index is 1.91. The van der Waals surface area contributed by atoms with Crippen LogP contribution in [0.5, 0.6) is 11.5 Å². The van der Waals surface area contributed by atoms with Crippen LogP contribution in [-0.4, -0.2) is 25.1 Å². The highest BCUT2D eigenvalue weighted by Crippen LogP contribution is 2.28. The van der Waals surface area contributed by atoms with Gasteiger partial charge >= 0.3 is 0 Å². The zero-order valence-electron chi connectivity index (χ0n) is 14.7. The van der Waals surface area contributed by atoms with Gasteiger partial charge in [-0.25, -0.2) is 0 Å². The summed E-state index contributed by atoms with van der Waals surface area (Å²) in [7, 11) is 3.10. The molecular weight excluding hydrogens is 328 g/mol. The van der Waals surface area contributed by atoms with Crippen molar-refractivity contribution in [3.05, 3.63) is 89.7 Å². The normalized spacial score (nSPS) is 11.5. The van der Waals surface area contributed by atoms with Gasteiger partial charge in [0.05, 0.1) is 26.0 Å². The minimum atomic E-state index is -0.349. The molecule has 26 heavy (non-hydrogen) atoms. The third kappa shape index (κ3) is 3.83. The maximum atomic E-state index is 12.8. The van der Waals surface area contributed by atoms with Crippen molar-refractivity contribution < 1.29 is 14.3 Å². The van der Waals surface area contributed by atoms with E-state index in [0.29, 0.717) is 17.1 Å². The van der Waals surface area contributed by atoms with Crippen LogP contribution in [0.1, 0.15) is 27.7 Å². The molecule has 0 aliphatic carbocycles. The maximum absolute atomic E-state index is 12.8. The van der Waals surface area contributed by atoms with Gasteiger partial charge in [-0.15, -0.1) is 0 Å². The number of rotatable bonds is 6. The van der Waals surface area contributed by atoms with Gasteiger partial charge in [0.25, 0.3) is 5.91 Å². The van der Waals surface area contributed by atoms with E-state index in [4.69, 9.17) is 9.47 Å². The number of ether oxygens (including phenoxy) is 2. The zero-order valence-corrected chi connectivity index (χ0v) is 14.7. The standard InChI is InChI=1S/C21H20N2O3/c1-25-18-12-11-16(14-19(18)26-2)21(24)23-20(15-8-4-3-5-9-15)17-10-6-7-13-22-17/h3-14,20H,1-2H3,(H,23,24). The summed E-state index contributed by atoms with van der Waals surface area (Å²) < 4.78 is 10.5. The monoisotopic (exact) mass is 348 g/mol. The second-order valence-electron chi connectivity index (χ2n) is 5.64. The van der Waals surface area contributed by atoms with Crippen LogP contribution in [0.2, 0.25) is 0 Å². The van der Waals surface area contributed by atoms with Crippen LogP contribution in [-0.2, 0) is 0 Å². The maximum Gasteiger partial charge on any atom is 0.252 e. The molecule has 3 aromatic rings. The quantitative estimate of drug-likeness (QED) is 0.739. The van der Waals surface area contributed by atoms with Gasteiger partial charge in [-0.1, -0.05) is 36.4 Å². The second kappa shape index (κ2) is 8.16. The Labute approximate surface area is 152 Å². The van der Waals surface area contributed by atoms with Crippen molar-refractivity contribution >= 4 is 5.91 Å². The Morgan fingerprint density at radius 2 is 1.65 bits per heavy atom. The molecule has 0 saturated carbocycles. The molecule has 3 rings (SSSR count). The Bertz CT molecular complexity index is 827. The Hall–Kier alpha value is -3.34. The molecule has 1 N–H and O–H groups in total. The molecule has 1 atom stereocenters. The molecule has 0 radical (unpaired) electrons. The fraction of sp³-hybridized carbons (Fsp3) is 0.143. The number of methoxy groups -OCH3 is 2. The van der Waals surface area contributed by atoms with Crippen molar-refractivity contribution in [1.82, 2.24) is 10.3 Å². The van der Waals surface area contributed by atoms with E-state index in [2.05, 4.69) is 10.3 Å². The first kappa shape index (κ1) is 17.5. The number of pyridine rings is 1. The van der Waals surface area contributed by atoms with Crippen molar-refractivity contribution in [1.29, 1.82) is 0 Å². The van der Waals surface area contributed by atoms with Crippen molar-refractivity contribution in [3.8, 4) is 11.5 Å². The van der Waals surface area contributed by atoms with E-state index in [1.807, 2.05) is 48.5 Å². The fourth-order valence-electron chi connectivity index (χ4n) is 2.71. The topological polar surface area (TPSA) is 60.5 Å². The van der Waals surface area contributed by atoms with Gasteiger partial charge in [0.2, 0.25) is 0 Å². The molecule has 5 heteroatoms. The highest BCUT2D eigenvalue weighted by atomic mass is 16.5. The SMILES string of the molecule is COc1ccc(C(=O)NC(c2ccccc2)c2ccccn2)cc1OC. The predicted molar refractivity (Wildman–Crippen MR) is 99.5 cm³/mol.